The Hall–Kier alpha value is -3.76. The molecule has 5 rings (SSSR count). The standard InChI is InChI=1S/C19H12ClN7O2S/c20-16-12-7-22-26-13(12)4-5-14(16)24-19-25-17(27-30-19)10-2-1-3-11(6-10)23-18(28)15-8-29-9-21-15/h1-9H,(H,22,26)(H,23,28)(H,24,25,27). The smallest absolute Gasteiger partial charge is 0.277 e. The molecular weight excluding hydrogens is 426 g/mol. The molecule has 2 aromatic carbocycles. The van der Waals surface area contributed by atoms with Crippen LogP contribution in [0.25, 0.3) is 22.3 Å². The summed E-state index contributed by atoms with van der Waals surface area (Å²) in [6.07, 6.45) is 4.16. The molecule has 9 nitrogen and oxygen atoms in total. The van der Waals surface area contributed by atoms with E-state index in [1.165, 1.54) is 24.2 Å². The summed E-state index contributed by atoms with van der Waals surface area (Å²) >= 11 is 7.66. The Kier molecular flexibility index (Phi) is 4.62. The van der Waals surface area contributed by atoms with Crippen LogP contribution in [0.2, 0.25) is 5.02 Å². The second-order valence-corrected chi connectivity index (χ2v) is 7.34. The van der Waals surface area contributed by atoms with Crippen LogP contribution in [0.15, 0.2) is 59.7 Å². The highest BCUT2D eigenvalue weighted by Gasteiger charge is 2.13. The van der Waals surface area contributed by atoms with Gasteiger partial charge in [-0.15, -0.1) is 0 Å². The Balaban J connectivity index is 1.36. The summed E-state index contributed by atoms with van der Waals surface area (Å²) < 4.78 is 9.23. The lowest BCUT2D eigenvalue weighted by Crippen LogP contribution is -2.12. The number of aromatic amines is 1. The van der Waals surface area contributed by atoms with Crippen LogP contribution in [-0.4, -0.2) is 30.4 Å². The molecule has 0 spiro atoms. The first-order chi connectivity index (χ1) is 14.7. The van der Waals surface area contributed by atoms with E-state index < -0.39 is 0 Å². The molecule has 0 radical (unpaired) electrons. The third kappa shape index (κ3) is 3.49. The van der Waals surface area contributed by atoms with E-state index in [2.05, 4.69) is 35.2 Å². The first kappa shape index (κ1) is 18.3. The average molecular weight is 438 g/mol. The number of amides is 1. The summed E-state index contributed by atoms with van der Waals surface area (Å²) in [6.45, 7) is 0. The number of nitrogens with zero attached hydrogens (tertiary/aromatic N) is 4. The minimum atomic E-state index is -0.362. The first-order valence-electron chi connectivity index (χ1n) is 8.70. The number of hydrogen-bond donors (Lipinski definition) is 3. The van der Waals surface area contributed by atoms with Crippen molar-refractivity contribution in [2.24, 2.45) is 0 Å². The lowest BCUT2D eigenvalue weighted by molar-refractivity contribution is 0.102. The number of nitrogens with one attached hydrogen (secondary N) is 3. The Labute approximate surface area is 178 Å². The van der Waals surface area contributed by atoms with Crippen LogP contribution in [-0.2, 0) is 0 Å². The molecule has 3 aromatic heterocycles. The van der Waals surface area contributed by atoms with Gasteiger partial charge in [-0.1, -0.05) is 23.7 Å². The third-order valence-corrected chi connectivity index (χ3v) is 5.31. The number of H-pyrrole nitrogens is 1. The second kappa shape index (κ2) is 7.58. The quantitative estimate of drug-likeness (QED) is 0.363. The van der Waals surface area contributed by atoms with E-state index in [0.29, 0.717) is 27.4 Å². The molecule has 0 bridgehead atoms. The number of oxazole rings is 1. The van der Waals surface area contributed by atoms with Gasteiger partial charge in [0.25, 0.3) is 5.91 Å². The van der Waals surface area contributed by atoms with Crippen molar-refractivity contribution < 1.29 is 9.21 Å². The Bertz CT molecular complexity index is 1350. The van der Waals surface area contributed by atoms with Crippen LogP contribution in [0.3, 0.4) is 0 Å². The molecule has 0 fully saturated rings. The van der Waals surface area contributed by atoms with Gasteiger partial charge in [-0.25, -0.2) is 4.98 Å². The van der Waals surface area contributed by atoms with Crippen molar-refractivity contribution >= 4 is 56.4 Å². The molecule has 1 amide bonds. The molecule has 0 aliphatic carbocycles. The van der Waals surface area contributed by atoms with Crippen molar-refractivity contribution in [1.82, 2.24) is 24.5 Å². The number of anilines is 3. The van der Waals surface area contributed by atoms with Gasteiger partial charge in [0.1, 0.15) is 6.26 Å². The van der Waals surface area contributed by atoms with Crippen LogP contribution in [0.1, 0.15) is 10.5 Å². The van der Waals surface area contributed by atoms with Crippen LogP contribution < -0.4 is 10.6 Å². The molecule has 30 heavy (non-hydrogen) atoms. The van der Waals surface area contributed by atoms with E-state index in [0.717, 1.165) is 16.5 Å². The normalized spacial score (nSPS) is 11.0. The van der Waals surface area contributed by atoms with Crippen LogP contribution >= 0.6 is 23.1 Å². The van der Waals surface area contributed by atoms with E-state index in [1.54, 1.807) is 18.3 Å². The monoisotopic (exact) mass is 437 g/mol. The minimum Gasteiger partial charge on any atom is -0.451 e. The summed E-state index contributed by atoms with van der Waals surface area (Å²) in [5, 5.41) is 14.8. The lowest BCUT2D eigenvalue weighted by atomic mass is 10.2. The van der Waals surface area contributed by atoms with Crippen molar-refractivity contribution in [3.05, 3.63) is 66.0 Å². The van der Waals surface area contributed by atoms with Gasteiger partial charge in [0, 0.05) is 28.2 Å². The Morgan fingerprint density at radius 3 is 3.03 bits per heavy atom. The number of fused-ring (bicyclic) bond motifs is 1. The predicted octanol–water partition coefficient (Wildman–Crippen LogP) is 4.72. The highest BCUT2D eigenvalue weighted by Crippen LogP contribution is 2.33. The average Bonchev–Trinajstić information content (AvgIpc) is 3.52. The van der Waals surface area contributed by atoms with E-state index in [4.69, 9.17) is 16.0 Å². The molecule has 5 aromatic rings. The van der Waals surface area contributed by atoms with Gasteiger partial charge in [0.05, 0.1) is 22.4 Å². The molecule has 0 saturated carbocycles. The molecule has 0 unspecified atom stereocenters. The van der Waals surface area contributed by atoms with Gasteiger partial charge in [-0.05, 0) is 24.3 Å². The van der Waals surface area contributed by atoms with Crippen molar-refractivity contribution in [3.63, 3.8) is 0 Å². The zero-order valence-electron chi connectivity index (χ0n) is 15.1. The number of benzene rings is 2. The van der Waals surface area contributed by atoms with Crippen molar-refractivity contribution in [2.75, 3.05) is 10.6 Å². The van der Waals surface area contributed by atoms with Gasteiger partial charge in [-0.2, -0.15) is 14.5 Å². The van der Waals surface area contributed by atoms with Gasteiger partial charge in [-0.3, -0.25) is 9.89 Å². The van der Waals surface area contributed by atoms with Crippen LogP contribution in [0, 0.1) is 0 Å². The fourth-order valence-corrected chi connectivity index (χ4v) is 3.70. The van der Waals surface area contributed by atoms with Gasteiger partial charge >= 0.3 is 0 Å². The molecular formula is C19H12ClN7O2S. The molecule has 11 heteroatoms. The maximum atomic E-state index is 12.1. The van der Waals surface area contributed by atoms with Crippen molar-refractivity contribution in [2.45, 2.75) is 0 Å². The SMILES string of the molecule is O=C(Nc1cccc(-c2nsc(Nc3ccc4[nH]ncc4c3Cl)n2)c1)c1cocn1. The number of rotatable bonds is 5. The number of aromatic nitrogens is 5. The minimum absolute atomic E-state index is 0.199. The zero-order chi connectivity index (χ0) is 20.5. The van der Waals surface area contributed by atoms with Crippen LogP contribution in [0.5, 0.6) is 0 Å². The fraction of sp³-hybridized carbons (Fsp3) is 0. The zero-order valence-corrected chi connectivity index (χ0v) is 16.7. The summed E-state index contributed by atoms with van der Waals surface area (Å²) in [5.41, 5.74) is 3.12. The summed E-state index contributed by atoms with van der Waals surface area (Å²) in [4.78, 5) is 20.5. The van der Waals surface area contributed by atoms with Crippen molar-refractivity contribution in [1.29, 1.82) is 0 Å². The van der Waals surface area contributed by atoms with E-state index in [-0.39, 0.29) is 11.6 Å². The van der Waals surface area contributed by atoms with Crippen molar-refractivity contribution in [3.8, 4) is 11.4 Å². The molecule has 0 saturated heterocycles. The Morgan fingerprint density at radius 2 is 2.17 bits per heavy atom. The molecule has 0 atom stereocenters. The largest absolute Gasteiger partial charge is 0.451 e. The van der Waals surface area contributed by atoms with Gasteiger partial charge in [0.2, 0.25) is 5.13 Å². The summed E-state index contributed by atoms with van der Waals surface area (Å²) in [6, 6.07) is 11.0. The number of carbonyl (C=O) groups excluding carboxylic acids is 1. The number of hydrogen-bond acceptors (Lipinski definition) is 8. The number of halogens is 1. The van der Waals surface area contributed by atoms with E-state index in [1.807, 2.05) is 24.3 Å². The summed E-state index contributed by atoms with van der Waals surface area (Å²) in [5.74, 6) is 0.166. The summed E-state index contributed by atoms with van der Waals surface area (Å²) in [7, 11) is 0. The maximum Gasteiger partial charge on any atom is 0.277 e. The predicted molar refractivity (Wildman–Crippen MR) is 114 cm³/mol. The molecule has 0 aliphatic rings. The van der Waals surface area contributed by atoms with Gasteiger partial charge in [0.15, 0.2) is 17.9 Å². The Morgan fingerprint density at radius 1 is 1.23 bits per heavy atom. The first-order valence-corrected chi connectivity index (χ1v) is 9.85. The molecule has 3 N–H and O–H groups in total. The molecule has 3 heterocycles. The maximum absolute atomic E-state index is 12.1. The highest BCUT2D eigenvalue weighted by molar-refractivity contribution is 7.10. The van der Waals surface area contributed by atoms with Gasteiger partial charge < -0.3 is 15.1 Å². The third-order valence-electron chi connectivity index (χ3n) is 4.27. The molecule has 0 aliphatic heterocycles. The fourth-order valence-electron chi connectivity index (χ4n) is 2.84. The van der Waals surface area contributed by atoms with Crippen LogP contribution in [0.4, 0.5) is 16.5 Å². The lowest BCUT2D eigenvalue weighted by Gasteiger charge is -2.05. The van der Waals surface area contributed by atoms with E-state index >= 15 is 0 Å². The highest BCUT2D eigenvalue weighted by atomic mass is 35.5. The molecule has 148 valence electrons. The topological polar surface area (TPSA) is 122 Å². The number of carbonyl (C=O) groups is 1. The van der Waals surface area contributed by atoms with E-state index in [9.17, 15) is 4.79 Å². The second-order valence-electron chi connectivity index (χ2n) is 6.22.